The van der Waals surface area contributed by atoms with Gasteiger partial charge in [0.05, 0.1) is 12.2 Å². The molecule has 0 spiro atoms. The third-order valence-electron chi connectivity index (χ3n) is 3.53. The first kappa shape index (κ1) is 15.0. The second-order valence-electron chi connectivity index (χ2n) is 5.57. The van der Waals surface area contributed by atoms with Crippen LogP contribution in [0.2, 0.25) is 0 Å². The molecule has 0 saturated carbocycles. The van der Waals surface area contributed by atoms with Crippen molar-refractivity contribution in [1.29, 1.82) is 0 Å². The molecule has 112 valence electrons. The lowest BCUT2D eigenvalue weighted by molar-refractivity contribution is -0.122. The van der Waals surface area contributed by atoms with Gasteiger partial charge in [0.1, 0.15) is 6.54 Å². The van der Waals surface area contributed by atoms with Crippen molar-refractivity contribution in [3.8, 4) is 0 Å². The van der Waals surface area contributed by atoms with E-state index in [1.165, 1.54) is 0 Å². The average Bonchev–Trinajstić information content (AvgIpc) is 2.87. The number of nitrogens with zero attached hydrogens (tertiary/aromatic N) is 3. The van der Waals surface area contributed by atoms with Crippen LogP contribution < -0.4 is 5.32 Å². The van der Waals surface area contributed by atoms with Crippen LogP contribution in [-0.4, -0.2) is 58.5 Å². The van der Waals surface area contributed by atoms with Gasteiger partial charge in [0.15, 0.2) is 0 Å². The fourth-order valence-corrected chi connectivity index (χ4v) is 2.57. The van der Waals surface area contributed by atoms with Gasteiger partial charge < -0.3 is 10.1 Å². The smallest absolute Gasteiger partial charge is 0.241 e. The standard InChI is InChI=1S/C14H24N4O2/c1-11(17-8-12(2)20-13(3)9-17)7-15-14(19)10-18-6-4-5-16-18/h4-6,11-13H,7-10H2,1-3H3,(H,15,19)/t11-,12-,13+/m1/s1. The summed E-state index contributed by atoms with van der Waals surface area (Å²) in [6.45, 7) is 9.08. The molecular formula is C14H24N4O2. The van der Waals surface area contributed by atoms with E-state index in [9.17, 15) is 4.79 Å². The fourth-order valence-electron chi connectivity index (χ4n) is 2.57. The van der Waals surface area contributed by atoms with Gasteiger partial charge in [-0.25, -0.2) is 0 Å². The van der Waals surface area contributed by atoms with Gasteiger partial charge in [-0.3, -0.25) is 14.4 Å². The lowest BCUT2D eigenvalue weighted by Gasteiger charge is -2.39. The zero-order valence-electron chi connectivity index (χ0n) is 12.5. The number of carbonyl (C=O) groups is 1. The topological polar surface area (TPSA) is 59.4 Å². The van der Waals surface area contributed by atoms with E-state index in [0.29, 0.717) is 12.6 Å². The van der Waals surface area contributed by atoms with E-state index < -0.39 is 0 Å². The van der Waals surface area contributed by atoms with Gasteiger partial charge in [0.2, 0.25) is 5.91 Å². The first-order valence-corrected chi connectivity index (χ1v) is 7.18. The van der Waals surface area contributed by atoms with Crippen LogP contribution in [0.5, 0.6) is 0 Å². The molecule has 0 aliphatic carbocycles. The van der Waals surface area contributed by atoms with Gasteiger partial charge >= 0.3 is 0 Å². The van der Waals surface area contributed by atoms with E-state index in [1.807, 2.05) is 6.07 Å². The molecule has 6 nitrogen and oxygen atoms in total. The number of morpholine rings is 1. The van der Waals surface area contributed by atoms with Crippen molar-refractivity contribution in [1.82, 2.24) is 20.0 Å². The summed E-state index contributed by atoms with van der Waals surface area (Å²) in [6, 6.07) is 2.12. The van der Waals surface area contributed by atoms with Crippen LogP contribution in [0.1, 0.15) is 20.8 Å². The van der Waals surface area contributed by atoms with Crippen molar-refractivity contribution in [2.45, 2.75) is 45.6 Å². The van der Waals surface area contributed by atoms with Gasteiger partial charge in [0.25, 0.3) is 0 Å². The molecule has 1 amide bonds. The quantitative estimate of drug-likeness (QED) is 0.853. The zero-order chi connectivity index (χ0) is 14.5. The molecule has 20 heavy (non-hydrogen) atoms. The maximum absolute atomic E-state index is 11.8. The summed E-state index contributed by atoms with van der Waals surface area (Å²) in [5.74, 6) is -0.00472. The Hall–Kier alpha value is -1.40. The Morgan fingerprint density at radius 2 is 2.15 bits per heavy atom. The van der Waals surface area contributed by atoms with E-state index in [4.69, 9.17) is 4.74 Å². The SMILES string of the molecule is C[C@@H]1CN([C@H](C)CNC(=O)Cn2cccn2)C[C@H](C)O1. The van der Waals surface area contributed by atoms with Crippen molar-refractivity contribution >= 4 is 5.91 Å². The maximum Gasteiger partial charge on any atom is 0.241 e. The third-order valence-corrected chi connectivity index (χ3v) is 3.53. The lowest BCUT2D eigenvalue weighted by Crippen LogP contribution is -2.52. The number of hydrogen-bond donors (Lipinski definition) is 1. The second-order valence-corrected chi connectivity index (χ2v) is 5.57. The normalized spacial score (nSPS) is 25.4. The van der Waals surface area contributed by atoms with Gasteiger partial charge in [-0.2, -0.15) is 5.10 Å². The highest BCUT2D eigenvalue weighted by Crippen LogP contribution is 2.13. The summed E-state index contributed by atoms with van der Waals surface area (Å²) in [4.78, 5) is 14.2. The average molecular weight is 280 g/mol. The minimum atomic E-state index is -0.00472. The predicted octanol–water partition coefficient (Wildman–Crippen LogP) is 0.497. The molecular weight excluding hydrogens is 256 g/mol. The monoisotopic (exact) mass is 280 g/mol. The van der Waals surface area contributed by atoms with E-state index in [1.54, 1.807) is 17.1 Å². The molecule has 0 aromatic carbocycles. The Labute approximate surface area is 120 Å². The fraction of sp³-hybridized carbons (Fsp3) is 0.714. The van der Waals surface area contributed by atoms with Gasteiger partial charge in [-0.15, -0.1) is 0 Å². The number of aromatic nitrogens is 2. The van der Waals surface area contributed by atoms with E-state index >= 15 is 0 Å². The lowest BCUT2D eigenvalue weighted by atomic mass is 10.1. The highest BCUT2D eigenvalue weighted by atomic mass is 16.5. The van der Waals surface area contributed by atoms with Crippen LogP contribution in [0, 0.1) is 0 Å². The summed E-state index contributed by atoms with van der Waals surface area (Å²) >= 11 is 0. The molecule has 1 aromatic rings. The Kier molecular flexibility index (Phi) is 5.14. The number of carbonyl (C=O) groups excluding carboxylic acids is 1. The molecule has 1 aromatic heterocycles. The third kappa shape index (κ3) is 4.31. The van der Waals surface area contributed by atoms with Crippen LogP contribution in [-0.2, 0) is 16.1 Å². The van der Waals surface area contributed by atoms with Crippen molar-refractivity contribution < 1.29 is 9.53 Å². The van der Waals surface area contributed by atoms with Crippen molar-refractivity contribution in [2.75, 3.05) is 19.6 Å². The molecule has 1 aliphatic heterocycles. The van der Waals surface area contributed by atoms with Crippen molar-refractivity contribution in [3.05, 3.63) is 18.5 Å². The summed E-state index contributed by atoms with van der Waals surface area (Å²) in [5, 5.41) is 6.99. The van der Waals surface area contributed by atoms with E-state index in [2.05, 4.69) is 36.1 Å². The van der Waals surface area contributed by atoms with Gasteiger partial charge in [0, 0.05) is 38.1 Å². The second kappa shape index (κ2) is 6.85. The van der Waals surface area contributed by atoms with Crippen molar-refractivity contribution in [3.63, 3.8) is 0 Å². The molecule has 0 bridgehead atoms. The van der Waals surface area contributed by atoms with E-state index in [-0.39, 0.29) is 24.7 Å². The molecule has 2 rings (SSSR count). The predicted molar refractivity (Wildman–Crippen MR) is 76.3 cm³/mol. The first-order valence-electron chi connectivity index (χ1n) is 7.18. The van der Waals surface area contributed by atoms with Gasteiger partial charge in [-0.1, -0.05) is 0 Å². The molecule has 3 atom stereocenters. The molecule has 1 aliphatic rings. The van der Waals surface area contributed by atoms with Crippen LogP contribution in [0.25, 0.3) is 0 Å². The molecule has 0 radical (unpaired) electrons. The molecule has 1 fully saturated rings. The number of nitrogens with one attached hydrogen (secondary N) is 1. The Morgan fingerprint density at radius 1 is 1.45 bits per heavy atom. The minimum absolute atomic E-state index is 0.00472. The molecule has 2 heterocycles. The van der Waals surface area contributed by atoms with Crippen molar-refractivity contribution in [2.24, 2.45) is 0 Å². The summed E-state index contributed by atoms with van der Waals surface area (Å²) < 4.78 is 7.35. The first-order chi connectivity index (χ1) is 9.54. The van der Waals surface area contributed by atoms with Crippen LogP contribution in [0.15, 0.2) is 18.5 Å². The number of amides is 1. The Morgan fingerprint density at radius 3 is 2.75 bits per heavy atom. The van der Waals surface area contributed by atoms with Gasteiger partial charge in [-0.05, 0) is 26.8 Å². The number of rotatable bonds is 5. The largest absolute Gasteiger partial charge is 0.373 e. The number of hydrogen-bond acceptors (Lipinski definition) is 4. The van der Waals surface area contributed by atoms with Crippen LogP contribution >= 0.6 is 0 Å². The molecule has 6 heteroatoms. The highest BCUT2D eigenvalue weighted by molar-refractivity contribution is 5.75. The minimum Gasteiger partial charge on any atom is -0.373 e. The van der Waals surface area contributed by atoms with Crippen LogP contribution in [0.3, 0.4) is 0 Å². The summed E-state index contributed by atoms with van der Waals surface area (Å²) in [5.41, 5.74) is 0. The molecule has 1 N–H and O–H groups in total. The maximum atomic E-state index is 11.8. The summed E-state index contributed by atoms with van der Waals surface area (Å²) in [6.07, 6.45) is 3.96. The van der Waals surface area contributed by atoms with E-state index in [0.717, 1.165) is 13.1 Å². The highest BCUT2D eigenvalue weighted by Gasteiger charge is 2.25. The Bertz CT molecular complexity index is 411. The zero-order valence-corrected chi connectivity index (χ0v) is 12.5. The summed E-state index contributed by atoms with van der Waals surface area (Å²) in [7, 11) is 0. The van der Waals surface area contributed by atoms with Crippen LogP contribution in [0.4, 0.5) is 0 Å². The Balaban J connectivity index is 1.74. The molecule has 1 saturated heterocycles. The number of ether oxygens (including phenoxy) is 1. The molecule has 0 unspecified atom stereocenters.